The lowest BCUT2D eigenvalue weighted by molar-refractivity contribution is -0.226. The van der Waals surface area contributed by atoms with Crippen LogP contribution >= 0.6 is 9.24 Å². The molecule has 1 fully saturated rings. The predicted octanol–water partition coefficient (Wildman–Crippen LogP) is 5.15. The third-order valence-corrected chi connectivity index (χ3v) is 4.84. The van der Waals surface area contributed by atoms with E-state index in [1.165, 1.54) is 12.8 Å². The van der Waals surface area contributed by atoms with Crippen molar-refractivity contribution in [1.29, 1.82) is 0 Å². The topological polar surface area (TPSA) is 46.0 Å². The van der Waals surface area contributed by atoms with E-state index in [2.05, 4.69) is 22.2 Å². The lowest BCUT2D eigenvalue weighted by Crippen LogP contribution is -2.56. The summed E-state index contributed by atoms with van der Waals surface area (Å²) in [4.78, 5) is 6.25. The molecule has 0 radical (unpaired) electrons. The molecule has 1 aliphatic heterocycles. The van der Waals surface area contributed by atoms with E-state index in [9.17, 15) is 22.0 Å². The van der Waals surface area contributed by atoms with Crippen LogP contribution in [0.3, 0.4) is 0 Å². The number of hydrogen-bond acceptors (Lipinski definition) is 4. The molecule has 1 saturated carbocycles. The van der Waals surface area contributed by atoms with Crippen LogP contribution in [0, 0.1) is 5.92 Å². The van der Waals surface area contributed by atoms with Crippen LogP contribution in [0.1, 0.15) is 58.8 Å². The molecular formula is C17H29F5N3OP. The number of alkyl halides is 5. The molecule has 0 spiro atoms. The van der Waals surface area contributed by atoms with E-state index in [4.69, 9.17) is 4.74 Å². The summed E-state index contributed by atoms with van der Waals surface area (Å²) >= 11 is 0. The first-order chi connectivity index (χ1) is 12.5. The second-order valence-electron chi connectivity index (χ2n) is 6.77. The Labute approximate surface area is 159 Å². The van der Waals surface area contributed by atoms with Crippen LogP contribution in [0.2, 0.25) is 0 Å². The zero-order chi connectivity index (χ0) is 20.7. The van der Waals surface area contributed by atoms with Gasteiger partial charge in [-0.3, -0.25) is 0 Å². The molecule has 2 atom stereocenters. The van der Waals surface area contributed by atoms with Crippen LogP contribution in [0.25, 0.3) is 0 Å². The highest BCUT2D eigenvalue weighted by Gasteiger charge is 2.70. The van der Waals surface area contributed by atoms with Crippen LogP contribution in [-0.2, 0) is 4.74 Å². The normalized spacial score (nSPS) is 24.3. The number of nitrogens with one attached hydrogen (secondary N) is 1. The van der Waals surface area contributed by atoms with Crippen molar-refractivity contribution in [3.8, 4) is 0 Å². The predicted molar refractivity (Wildman–Crippen MR) is 100 cm³/mol. The molecule has 1 heterocycles. The lowest BCUT2D eigenvalue weighted by atomic mass is 9.88. The standard InChI is InChI=1S/C12H16F5N2OP.C5H13N/c1-7-18-10(11(13,14)15,12(16,17)21)19-9(20-7)8-5-3-2-4-6-8;1-3-4-5-6-2/h8H,2-6,21H2,1H3;6H,3-5H2,1-2H3. The van der Waals surface area contributed by atoms with Gasteiger partial charge in [0.25, 0.3) is 0 Å². The van der Waals surface area contributed by atoms with Crippen molar-refractivity contribution in [3.05, 3.63) is 0 Å². The van der Waals surface area contributed by atoms with Crippen molar-refractivity contribution < 1.29 is 26.7 Å². The molecule has 0 bridgehead atoms. The van der Waals surface area contributed by atoms with Crippen molar-refractivity contribution >= 4 is 21.0 Å². The zero-order valence-corrected chi connectivity index (χ0v) is 17.2. The first kappa shape index (κ1) is 24.2. The van der Waals surface area contributed by atoms with Crippen LogP contribution in [0.4, 0.5) is 22.0 Å². The van der Waals surface area contributed by atoms with E-state index in [0.717, 1.165) is 42.0 Å². The molecule has 0 aromatic rings. The molecule has 158 valence electrons. The average Bonchev–Trinajstić information content (AvgIpc) is 2.59. The number of unbranched alkanes of at least 4 members (excludes halogenated alkanes) is 1. The monoisotopic (exact) mass is 417 g/mol. The molecule has 0 aromatic carbocycles. The highest BCUT2D eigenvalue weighted by Crippen LogP contribution is 2.51. The summed E-state index contributed by atoms with van der Waals surface area (Å²) in [6, 6.07) is 0. The summed E-state index contributed by atoms with van der Waals surface area (Å²) in [7, 11) is 2.88. The van der Waals surface area contributed by atoms with Crippen LogP contribution in [0.15, 0.2) is 9.98 Å². The van der Waals surface area contributed by atoms with Crippen LogP contribution in [-0.4, -0.2) is 42.9 Å². The van der Waals surface area contributed by atoms with Crippen molar-refractivity contribution in [2.45, 2.75) is 76.3 Å². The van der Waals surface area contributed by atoms with Gasteiger partial charge in [0.15, 0.2) is 11.8 Å². The molecule has 1 N–H and O–H groups in total. The summed E-state index contributed by atoms with van der Waals surface area (Å²) in [6.45, 7) is 4.49. The molecule has 0 amide bonds. The van der Waals surface area contributed by atoms with Gasteiger partial charge < -0.3 is 10.1 Å². The first-order valence-corrected chi connectivity index (χ1v) is 9.78. The quantitative estimate of drug-likeness (QED) is 0.382. The van der Waals surface area contributed by atoms with Gasteiger partial charge >= 0.3 is 17.5 Å². The largest absolute Gasteiger partial charge is 0.440 e. The summed E-state index contributed by atoms with van der Waals surface area (Å²) < 4.78 is 72.2. The Morgan fingerprint density at radius 3 is 2.15 bits per heavy atom. The van der Waals surface area contributed by atoms with E-state index in [1.54, 1.807) is 0 Å². The third-order valence-electron chi connectivity index (χ3n) is 4.44. The van der Waals surface area contributed by atoms with Crippen molar-refractivity contribution in [2.75, 3.05) is 13.6 Å². The van der Waals surface area contributed by atoms with Gasteiger partial charge in [-0.25, -0.2) is 9.98 Å². The maximum atomic E-state index is 13.6. The first-order valence-electron chi connectivity index (χ1n) is 9.20. The van der Waals surface area contributed by atoms with Gasteiger partial charge in [-0.15, -0.1) is 0 Å². The Kier molecular flexibility index (Phi) is 9.06. The third kappa shape index (κ3) is 6.34. The Morgan fingerprint density at radius 2 is 1.74 bits per heavy atom. The Hall–Kier alpha value is -0.820. The fourth-order valence-electron chi connectivity index (χ4n) is 2.95. The highest BCUT2D eigenvalue weighted by molar-refractivity contribution is 7.18. The number of aliphatic imine (C=N–C) groups is 2. The van der Waals surface area contributed by atoms with E-state index >= 15 is 0 Å². The summed E-state index contributed by atoms with van der Waals surface area (Å²) in [6.07, 6.45) is 1.06. The maximum absolute atomic E-state index is 13.6. The fraction of sp³-hybridized carbons (Fsp3) is 0.882. The van der Waals surface area contributed by atoms with Crippen molar-refractivity contribution in [3.63, 3.8) is 0 Å². The van der Waals surface area contributed by atoms with Gasteiger partial charge in [-0.05, 0) is 32.9 Å². The summed E-state index contributed by atoms with van der Waals surface area (Å²) in [5.41, 5.74) is -8.07. The second-order valence-corrected chi connectivity index (χ2v) is 7.49. The van der Waals surface area contributed by atoms with Gasteiger partial charge in [-0.2, -0.15) is 22.0 Å². The molecule has 2 aliphatic rings. The molecule has 0 aromatic heterocycles. The molecule has 27 heavy (non-hydrogen) atoms. The average molecular weight is 417 g/mol. The number of nitrogens with zero attached hydrogens (tertiary/aromatic N) is 2. The second kappa shape index (κ2) is 10.1. The molecule has 0 saturated heterocycles. The lowest BCUT2D eigenvalue weighted by Gasteiger charge is -2.37. The van der Waals surface area contributed by atoms with Crippen LogP contribution in [0.5, 0.6) is 0 Å². The minimum atomic E-state index is -5.32. The Balaban J connectivity index is 0.000000527. The SMILES string of the molecule is CC1=NC(C(F)(F)F)(C(F)(F)P)N=C(C2CCCCC2)O1.CCCCNC. The number of ether oxygens (including phenoxy) is 1. The van der Waals surface area contributed by atoms with Crippen molar-refractivity contribution in [1.82, 2.24) is 5.32 Å². The van der Waals surface area contributed by atoms with Crippen molar-refractivity contribution in [2.24, 2.45) is 15.9 Å². The maximum Gasteiger partial charge on any atom is 0.440 e. The molecule has 4 nitrogen and oxygen atoms in total. The summed E-state index contributed by atoms with van der Waals surface area (Å²) in [5.74, 6) is -1.08. The van der Waals surface area contributed by atoms with E-state index in [0.29, 0.717) is 12.8 Å². The molecule has 10 heteroatoms. The van der Waals surface area contributed by atoms with Gasteiger partial charge in [0.2, 0.25) is 0 Å². The molecule has 1 aliphatic carbocycles. The number of halogens is 5. The van der Waals surface area contributed by atoms with E-state index in [-0.39, 0.29) is 11.8 Å². The molecular weight excluding hydrogens is 388 g/mol. The van der Waals surface area contributed by atoms with Gasteiger partial charge in [0.1, 0.15) is 0 Å². The Morgan fingerprint density at radius 1 is 1.15 bits per heavy atom. The van der Waals surface area contributed by atoms with Gasteiger partial charge in [-0.1, -0.05) is 41.8 Å². The minimum Gasteiger partial charge on any atom is -0.429 e. The van der Waals surface area contributed by atoms with Gasteiger partial charge in [0.05, 0.1) is 0 Å². The number of rotatable bonds is 5. The minimum absolute atomic E-state index is 0.276. The summed E-state index contributed by atoms with van der Waals surface area (Å²) in [5, 5.41) is 3.07. The smallest absolute Gasteiger partial charge is 0.429 e. The van der Waals surface area contributed by atoms with Gasteiger partial charge in [0, 0.05) is 12.8 Å². The fourth-order valence-corrected chi connectivity index (χ4v) is 3.24. The van der Waals surface area contributed by atoms with E-state index < -0.39 is 23.4 Å². The van der Waals surface area contributed by atoms with E-state index in [1.807, 2.05) is 7.05 Å². The molecule has 2 unspecified atom stereocenters. The highest BCUT2D eigenvalue weighted by atomic mass is 31.0. The number of hydrogen-bond donors (Lipinski definition) is 1. The van der Waals surface area contributed by atoms with Crippen LogP contribution < -0.4 is 5.32 Å². The Bertz CT molecular complexity index is 508. The zero-order valence-electron chi connectivity index (χ0n) is 16.0. The molecule has 2 rings (SSSR count).